The topological polar surface area (TPSA) is 50.7 Å². The predicted molar refractivity (Wildman–Crippen MR) is 107 cm³/mol. The zero-order valence-corrected chi connectivity index (χ0v) is 15.5. The number of hydrogen-bond acceptors (Lipinski definition) is 3. The average molecular weight is 395 g/mol. The molecule has 1 aliphatic carbocycles. The zero-order chi connectivity index (χ0) is 19.4. The first kappa shape index (κ1) is 17.2. The van der Waals surface area contributed by atoms with Gasteiger partial charge in [0.1, 0.15) is 5.65 Å². The lowest BCUT2D eigenvalue weighted by Crippen LogP contribution is -2.17. The number of fused-ring (bicyclic) bond motifs is 2. The smallest absolute Gasteiger partial charge is 0.264 e. The normalized spacial score (nSPS) is 14.2. The summed E-state index contributed by atoms with van der Waals surface area (Å²) in [5.74, 6) is 0. The van der Waals surface area contributed by atoms with Crippen LogP contribution >= 0.6 is 12.2 Å². The molecule has 7 heteroatoms. The van der Waals surface area contributed by atoms with Crippen molar-refractivity contribution in [3.63, 3.8) is 0 Å². The third kappa shape index (κ3) is 2.65. The highest BCUT2D eigenvalue weighted by atomic mass is 32.1. The van der Waals surface area contributed by atoms with E-state index in [1.807, 2.05) is 42.5 Å². The number of alkyl halides is 2. The van der Waals surface area contributed by atoms with Crippen LogP contribution in [-0.2, 0) is 0 Å². The Bertz CT molecular complexity index is 1350. The van der Waals surface area contributed by atoms with Crippen molar-refractivity contribution in [1.82, 2.24) is 14.5 Å². The second-order valence-electron chi connectivity index (χ2n) is 6.98. The molecule has 1 aliphatic rings. The second-order valence-corrected chi connectivity index (χ2v) is 7.37. The first-order valence-corrected chi connectivity index (χ1v) is 9.41. The van der Waals surface area contributed by atoms with Crippen LogP contribution in [0.4, 0.5) is 8.78 Å². The molecule has 2 aromatic heterocycles. The molecule has 2 heterocycles. The van der Waals surface area contributed by atoms with Crippen LogP contribution in [0.25, 0.3) is 33.1 Å². The maximum atomic E-state index is 13.9. The predicted octanol–water partition coefficient (Wildman–Crippen LogP) is 5.55. The fourth-order valence-electron chi connectivity index (χ4n) is 3.70. The molecule has 28 heavy (non-hydrogen) atoms. The van der Waals surface area contributed by atoms with Gasteiger partial charge in [-0.2, -0.15) is 0 Å². The molecule has 5 rings (SSSR count). The Morgan fingerprint density at radius 2 is 1.89 bits per heavy atom. The van der Waals surface area contributed by atoms with Crippen LogP contribution < -0.4 is 5.56 Å². The Kier molecular flexibility index (Phi) is 3.87. The van der Waals surface area contributed by atoms with Crippen molar-refractivity contribution in [2.45, 2.75) is 25.3 Å². The van der Waals surface area contributed by atoms with E-state index in [0.29, 0.717) is 5.69 Å². The number of halogens is 2. The molecule has 1 N–H and O–H groups in total. The number of H-pyrrole nitrogens is 1. The van der Waals surface area contributed by atoms with Gasteiger partial charge in [0.25, 0.3) is 12.0 Å². The van der Waals surface area contributed by atoms with Gasteiger partial charge in [-0.25, -0.2) is 13.8 Å². The van der Waals surface area contributed by atoms with Gasteiger partial charge in [0.05, 0.1) is 11.1 Å². The number of nitrogens with zero attached hydrogens (tertiary/aromatic N) is 2. The summed E-state index contributed by atoms with van der Waals surface area (Å²) in [6.07, 6.45) is -1.02. The van der Waals surface area contributed by atoms with Crippen molar-refractivity contribution < 1.29 is 8.78 Å². The number of aromatic nitrogens is 3. The molecule has 0 atom stereocenters. The highest BCUT2D eigenvalue weighted by molar-refractivity contribution is 7.71. The summed E-state index contributed by atoms with van der Waals surface area (Å²) in [5.41, 5.74) is 0.448. The Labute approximate surface area is 163 Å². The first-order valence-electron chi connectivity index (χ1n) is 9.00. The van der Waals surface area contributed by atoms with Gasteiger partial charge >= 0.3 is 0 Å². The average Bonchev–Trinajstić information content (AvgIpc) is 3.51. The molecule has 0 spiro atoms. The van der Waals surface area contributed by atoms with Gasteiger partial charge < -0.3 is 0 Å². The van der Waals surface area contributed by atoms with Gasteiger partial charge in [-0.3, -0.25) is 14.3 Å². The molecule has 2 aromatic carbocycles. The second kappa shape index (κ2) is 6.31. The molecule has 4 nitrogen and oxygen atoms in total. The minimum Gasteiger partial charge on any atom is -0.299 e. The first-order chi connectivity index (χ1) is 13.5. The van der Waals surface area contributed by atoms with Gasteiger partial charge in [0, 0.05) is 17.2 Å². The molecular weight excluding hydrogens is 380 g/mol. The molecule has 0 unspecified atom stereocenters. The lowest BCUT2D eigenvalue weighted by molar-refractivity contribution is 0.153. The molecule has 0 amide bonds. The molecule has 0 bridgehead atoms. The zero-order valence-electron chi connectivity index (χ0n) is 14.7. The van der Waals surface area contributed by atoms with E-state index < -0.39 is 12.0 Å². The summed E-state index contributed by atoms with van der Waals surface area (Å²) in [7, 11) is 0. The molecule has 0 aliphatic heterocycles. The summed E-state index contributed by atoms with van der Waals surface area (Å²) in [4.78, 5) is 19.7. The monoisotopic (exact) mass is 395 g/mol. The van der Waals surface area contributed by atoms with E-state index in [0.717, 1.165) is 29.2 Å². The maximum absolute atomic E-state index is 13.9. The van der Waals surface area contributed by atoms with Crippen molar-refractivity contribution in [1.29, 1.82) is 0 Å². The van der Waals surface area contributed by atoms with E-state index in [9.17, 15) is 13.6 Å². The van der Waals surface area contributed by atoms with Crippen molar-refractivity contribution in [2.75, 3.05) is 0 Å². The van der Waals surface area contributed by atoms with Gasteiger partial charge in [-0.05, 0) is 41.9 Å². The Balaban J connectivity index is 1.92. The fraction of sp³-hybridized carbons (Fsp3) is 0.190. The molecule has 4 aromatic rings. The van der Waals surface area contributed by atoms with E-state index in [1.54, 1.807) is 4.57 Å². The molecule has 1 fully saturated rings. The van der Waals surface area contributed by atoms with Crippen LogP contribution in [-0.4, -0.2) is 14.5 Å². The van der Waals surface area contributed by atoms with Crippen LogP contribution in [0, 0.1) is 4.77 Å². The summed E-state index contributed by atoms with van der Waals surface area (Å²) < 4.78 is 29.8. The van der Waals surface area contributed by atoms with E-state index in [2.05, 4.69) is 9.97 Å². The minimum atomic E-state index is -2.80. The number of rotatable bonds is 3. The summed E-state index contributed by atoms with van der Waals surface area (Å²) in [6, 6.07) is 14.8. The van der Waals surface area contributed by atoms with E-state index in [1.165, 1.54) is 6.07 Å². The molecule has 0 saturated heterocycles. The Morgan fingerprint density at radius 3 is 2.64 bits per heavy atom. The van der Waals surface area contributed by atoms with E-state index >= 15 is 0 Å². The lowest BCUT2D eigenvalue weighted by Gasteiger charge is -2.14. The van der Waals surface area contributed by atoms with Crippen LogP contribution in [0.2, 0.25) is 0 Å². The molecule has 0 radical (unpaired) electrons. The minimum absolute atomic E-state index is 0.0838. The van der Waals surface area contributed by atoms with Crippen LogP contribution in [0.3, 0.4) is 0 Å². The number of aromatic amines is 1. The summed E-state index contributed by atoms with van der Waals surface area (Å²) >= 11 is 5.31. The van der Waals surface area contributed by atoms with Crippen LogP contribution in [0.15, 0.2) is 53.3 Å². The third-order valence-corrected chi connectivity index (χ3v) is 5.44. The standard InChI is InChI=1S/C21H15F2N3OS/c22-18(23)15-10-16(14-7-3-5-11-4-1-2-6-13(11)14)24-19-17(15)20(27)25-21(28)26(19)12-8-9-12/h1-7,10,12,18H,8-9H2,(H,25,27,28). The van der Waals surface area contributed by atoms with E-state index in [-0.39, 0.29) is 27.4 Å². The molecule has 140 valence electrons. The van der Waals surface area contributed by atoms with Gasteiger partial charge in [-0.1, -0.05) is 42.5 Å². The van der Waals surface area contributed by atoms with Crippen LogP contribution in [0.1, 0.15) is 30.9 Å². The molecular formula is C21H15F2N3OS. The largest absolute Gasteiger partial charge is 0.299 e. The number of nitrogens with one attached hydrogen (secondary N) is 1. The number of hydrogen-bond donors (Lipinski definition) is 1. The van der Waals surface area contributed by atoms with Crippen molar-refractivity contribution in [2.24, 2.45) is 0 Å². The fourth-order valence-corrected chi connectivity index (χ4v) is 4.03. The SMILES string of the molecule is O=c1[nH]c(=S)n(C2CC2)c2nc(-c3cccc4ccccc34)cc(C(F)F)c12. The van der Waals surface area contributed by atoms with Crippen LogP contribution in [0.5, 0.6) is 0 Å². The maximum Gasteiger partial charge on any atom is 0.264 e. The van der Waals surface area contributed by atoms with Gasteiger partial charge in [0.15, 0.2) is 4.77 Å². The Hall–Kier alpha value is -2.93. The highest BCUT2D eigenvalue weighted by Gasteiger charge is 2.29. The Morgan fingerprint density at radius 1 is 1.14 bits per heavy atom. The summed E-state index contributed by atoms with van der Waals surface area (Å²) in [6.45, 7) is 0. The van der Waals surface area contributed by atoms with Gasteiger partial charge in [-0.15, -0.1) is 0 Å². The quantitative estimate of drug-likeness (QED) is 0.463. The lowest BCUT2D eigenvalue weighted by atomic mass is 10.00. The third-order valence-electron chi connectivity index (χ3n) is 5.14. The van der Waals surface area contributed by atoms with Gasteiger partial charge in [0.2, 0.25) is 0 Å². The highest BCUT2D eigenvalue weighted by Crippen LogP contribution is 2.39. The number of benzene rings is 2. The van der Waals surface area contributed by atoms with Crippen molar-refractivity contribution in [3.8, 4) is 11.3 Å². The molecule has 1 saturated carbocycles. The van der Waals surface area contributed by atoms with Crippen molar-refractivity contribution >= 4 is 34.0 Å². The van der Waals surface area contributed by atoms with Crippen molar-refractivity contribution in [3.05, 3.63) is 69.2 Å². The van der Waals surface area contributed by atoms with E-state index in [4.69, 9.17) is 12.2 Å². The summed E-state index contributed by atoms with van der Waals surface area (Å²) in [5, 5.41) is 1.82. The number of pyridine rings is 1.